The molecule has 0 unspecified atom stereocenters. The van der Waals surface area contributed by atoms with Crippen molar-refractivity contribution in [2.24, 2.45) is 0 Å². The van der Waals surface area contributed by atoms with Crippen LogP contribution in [0.4, 0.5) is 0 Å². The van der Waals surface area contributed by atoms with Crippen LogP contribution >= 0.6 is 0 Å². The van der Waals surface area contributed by atoms with Crippen molar-refractivity contribution in [2.75, 3.05) is 0 Å². The summed E-state index contributed by atoms with van der Waals surface area (Å²) in [5, 5.41) is 0. The second-order valence-corrected chi connectivity index (χ2v) is 7.48. The van der Waals surface area contributed by atoms with Crippen molar-refractivity contribution >= 4 is 0 Å². The minimum Gasteiger partial charge on any atom is -0.0619 e. The summed E-state index contributed by atoms with van der Waals surface area (Å²) in [5.74, 6) is 1.01. The van der Waals surface area contributed by atoms with E-state index in [1.54, 1.807) is 0 Å². The SMILES string of the molecule is Cc1cccc(-c2ccccc2C(C)C)c1-c1ccccc1C(C)C. The standard InChI is InChI=1S/C25H28/c1-17(2)20-12-6-8-14-22(20)24-16-10-11-19(5)25(24)23-15-9-7-13-21(23)18(3)4/h6-18H,1-5H3. The fourth-order valence-electron chi connectivity index (χ4n) is 3.72. The molecule has 0 fully saturated rings. The number of rotatable bonds is 4. The van der Waals surface area contributed by atoms with Crippen molar-refractivity contribution < 1.29 is 0 Å². The van der Waals surface area contributed by atoms with Crippen molar-refractivity contribution in [1.29, 1.82) is 0 Å². The molecule has 0 saturated carbocycles. The summed E-state index contributed by atoms with van der Waals surface area (Å²) in [6.45, 7) is 11.3. The maximum Gasteiger partial charge on any atom is -0.00731 e. The molecule has 0 spiro atoms. The van der Waals surface area contributed by atoms with Crippen LogP contribution in [0, 0.1) is 6.92 Å². The lowest BCUT2D eigenvalue weighted by Crippen LogP contribution is -1.98. The van der Waals surface area contributed by atoms with Crippen LogP contribution in [0.25, 0.3) is 22.3 Å². The molecule has 0 aliphatic heterocycles. The van der Waals surface area contributed by atoms with E-state index >= 15 is 0 Å². The van der Waals surface area contributed by atoms with Gasteiger partial charge >= 0.3 is 0 Å². The average molecular weight is 328 g/mol. The van der Waals surface area contributed by atoms with Crippen LogP contribution in [-0.2, 0) is 0 Å². The van der Waals surface area contributed by atoms with Crippen LogP contribution < -0.4 is 0 Å². The number of hydrogen-bond donors (Lipinski definition) is 0. The van der Waals surface area contributed by atoms with Crippen molar-refractivity contribution in [2.45, 2.75) is 46.5 Å². The smallest absolute Gasteiger partial charge is 0.00731 e. The Morgan fingerprint density at radius 1 is 0.520 bits per heavy atom. The molecule has 3 rings (SSSR count). The monoisotopic (exact) mass is 328 g/mol. The van der Waals surface area contributed by atoms with Gasteiger partial charge in [0.2, 0.25) is 0 Å². The minimum atomic E-state index is 0.504. The molecule has 3 aromatic carbocycles. The van der Waals surface area contributed by atoms with E-state index in [2.05, 4.69) is 101 Å². The highest BCUT2D eigenvalue weighted by Gasteiger charge is 2.17. The number of hydrogen-bond acceptors (Lipinski definition) is 0. The predicted molar refractivity (Wildman–Crippen MR) is 110 cm³/mol. The Morgan fingerprint density at radius 2 is 1.00 bits per heavy atom. The van der Waals surface area contributed by atoms with E-state index in [1.165, 1.54) is 38.9 Å². The van der Waals surface area contributed by atoms with E-state index in [-0.39, 0.29) is 0 Å². The fourth-order valence-corrected chi connectivity index (χ4v) is 3.72. The van der Waals surface area contributed by atoms with E-state index in [4.69, 9.17) is 0 Å². The molecule has 0 heteroatoms. The van der Waals surface area contributed by atoms with Crippen LogP contribution in [0.3, 0.4) is 0 Å². The van der Waals surface area contributed by atoms with Gasteiger partial charge in [0.15, 0.2) is 0 Å². The van der Waals surface area contributed by atoms with E-state index in [9.17, 15) is 0 Å². The van der Waals surface area contributed by atoms with Gasteiger partial charge in [-0.25, -0.2) is 0 Å². The maximum atomic E-state index is 2.28. The normalized spacial score (nSPS) is 11.3. The van der Waals surface area contributed by atoms with Gasteiger partial charge in [-0.3, -0.25) is 0 Å². The van der Waals surface area contributed by atoms with Crippen LogP contribution in [0.5, 0.6) is 0 Å². The summed E-state index contributed by atoms with van der Waals surface area (Å²) < 4.78 is 0. The molecular formula is C25H28. The van der Waals surface area contributed by atoms with Crippen molar-refractivity contribution in [1.82, 2.24) is 0 Å². The lowest BCUT2D eigenvalue weighted by Gasteiger charge is -2.21. The number of benzene rings is 3. The topological polar surface area (TPSA) is 0 Å². The molecule has 25 heavy (non-hydrogen) atoms. The Balaban J connectivity index is 2.32. The Bertz CT molecular complexity index is 869. The lowest BCUT2D eigenvalue weighted by atomic mass is 9.83. The van der Waals surface area contributed by atoms with Gasteiger partial charge < -0.3 is 0 Å². The Labute approximate surface area is 152 Å². The van der Waals surface area contributed by atoms with Gasteiger partial charge in [-0.1, -0.05) is 94.4 Å². The second-order valence-electron chi connectivity index (χ2n) is 7.48. The van der Waals surface area contributed by atoms with Gasteiger partial charge in [-0.2, -0.15) is 0 Å². The zero-order chi connectivity index (χ0) is 18.0. The molecule has 0 amide bonds. The summed E-state index contributed by atoms with van der Waals surface area (Å²) in [5.41, 5.74) is 9.61. The minimum absolute atomic E-state index is 0.504. The van der Waals surface area contributed by atoms with E-state index in [1.807, 2.05) is 0 Å². The molecule has 0 aliphatic rings. The van der Waals surface area contributed by atoms with Gasteiger partial charge in [0.1, 0.15) is 0 Å². The van der Waals surface area contributed by atoms with Crippen molar-refractivity contribution in [3.05, 3.63) is 83.4 Å². The Kier molecular flexibility index (Phi) is 5.08. The summed E-state index contributed by atoms with van der Waals surface area (Å²) >= 11 is 0. The molecule has 128 valence electrons. The molecule has 0 radical (unpaired) electrons. The molecule has 0 nitrogen and oxygen atoms in total. The van der Waals surface area contributed by atoms with E-state index in [0.29, 0.717) is 11.8 Å². The molecule has 0 aromatic heterocycles. The van der Waals surface area contributed by atoms with Gasteiger partial charge in [0, 0.05) is 0 Å². The first kappa shape index (κ1) is 17.5. The molecular weight excluding hydrogens is 300 g/mol. The first-order valence-corrected chi connectivity index (χ1v) is 9.29. The summed E-state index contributed by atoms with van der Waals surface area (Å²) in [6, 6.07) is 24.4. The fraction of sp³-hybridized carbons (Fsp3) is 0.280. The molecule has 3 aromatic rings. The first-order chi connectivity index (χ1) is 12.0. The lowest BCUT2D eigenvalue weighted by molar-refractivity contribution is 0.867. The third kappa shape index (κ3) is 3.39. The third-order valence-electron chi connectivity index (χ3n) is 5.00. The van der Waals surface area contributed by atoms with E-state index in [0.717, 1.165) is 0 Å². The molecule has 0 aliphatic carbocycles. The van der Waals surface area contributed by atoms with Crippen LogP contribution in [-0.4, -0.2) is 0 Å². The highest BCUT2D eigenvalue weighted by Crippen LogP contribution is 2.40. The average Bonchev–Trinajstić information content (AvgIpc) is 2.61. The summed E-state index contributed by atoms with van der Waals surface area (Å²) in [7, 11) is 0. The van der Waals surface area contributed by atoms with Gasteiger partial charge in [0.25, 0.3) is 0 Å². The highest BCUT2D eigenvalue weighted by molar-refractivity contribution is 5.88. The van der Waals surface area contributed by atoms with Crippen molar-refractivity contribution in [3.63, 3.8) is 0 Å². The van der Waals surface area contributed by atoms with Gasteiger partial charge in [-0.05, 0) is 57.7 Å². The largest absolute Gasteiger partial charge is 0.0619 e. The first-order valence-electron chi connectivity index (χ1n) is 9.29. The Hall–Kier alpha value is -2.34. The van der Waals surface area contributed by atoms with Gasteiger partial charge in [0.05, 0.1) is 0 Å². The summed E-state index contributed by atoms with van der Waals surface area (Å²) in [6.07, 6.45) is 0. The molecule has 0 heterocycles. The van der Waals surface area contributed by atoms with Gasteiger partial charge in [-0.15, -0.1) is 0 Å². The van der Waals surface area contributed by atoms with Crippen LogP contribution in [0.2, 0.25) is 0 Å². The quantitative estimate of drug-likeness (QED) is 0.463. The van der Waals surface area contributed by atoms with E-state index < -0.39 is 0 Å². The number of aryl methyl sites for hydroxylation is 1. The van der Waals surface area contributed by atoms with Crippen LogP contribution in [0.1, 0.15) is 56.2 Å². The van der Waals surface area contributed by atoms with Crippen LogP contribution in [0.15, 0.2) is 66.7 Å². The summed E-state index contributed by atoms with van der Waals surface area (Å²) in [4.78, 5) is 0. The maximum absolute atomic E-state index is 2.28. The molecule has 0 atom stereocenters. The Morgan fingerprint density at radius 3 is 1.60 bits per heavy atom. The highest BCUT2D eigenvalue weighted by atomic mass is 14.2. The predicted octanol–water partition coefficient (Wildman–Crippen LogP) is 7.58. The molecule has 0 bridgehead atoms. The molecule has 0 saturated heterocycles. The molecule has 0 N–H and O–H groups in total. The zero-order valence-electron chi connectivity index (χ0n) is 16.0. The zero-order valence-corrected chi connectivity index (χ0v) is 16.0. The second kappa shape index (κ2) is 7.27. The third-order valence-corrected chi connectivity index (χ3v) is 5.00. The van der Waals surface area contributed by atoms with Crippen molar-refractivity contribution in [3.8, 4) is 22.3 Å².